The molecule has 1 aromatic rings. The summed E-state index contributed by atoms with van der Waals surface area (Å²) < 4.78 is 0. The lowest BCUT2D eigenvalue weighted by atomic mass is 9.94. The molecular formula is C16H24N2S. The second-order valence-corrected chi connectivity index (χ2v) is 6.19. The normalized spacial score (nSPS) is 16.7. The van der Waals surface area contributed by atoms with Gasteiger partial charge in [0.25, 0.3) is 0 Å². The average Bonchev–Trinajstić information content (AvgIpc) is 2.41. The van der Waals surface area contributed by atoms with Gasteiger partial charge in [0.1, 0.15) is 0 Å². The molecule has 1 saturated carbocycles. The fourth-order valence-corrected chi connectivity index (χ4v) is 3.07. The molecule has 19 heavy (non-hydrogen) atoms. The number of hydrogen-bond acceptors (Lipinski definition) is 2. The van der Waals surface area contributed by atoms with Gasteiger partial charge in [-0.1, -0.05) is 55.7 Å². The average molecular weight is 276 g/mol. The molecule has 1 aromatic carbocycles. The monoisotopic (exact) mass is 276 g/mol. The van der Waals surface area contributed by atoms with Crippen LogP contribution < -0.4 is 5.73 Å². The minimum absolute atomic E-state index is 0.562. The molecule has 0 aromatic heterocycles. The minimum Gasteiger partial charge on any atom is -0.393 e. The predicted octanol–water partition coefficient (Wildman–Crippen LogP) is 3.28. The summed E-state index contributed by atoms with van der Waals surface area (Å²) in [5.74, 6) is 0. The van der Waals surface area contributed by atoms with Crippen molar-refractivity contribution in [2.75, 3.05) is 7.05 Å². The molecule has 104 valence electrons. The van der Waals surface area contributed by atoms with E-state index in [1.54, 1.807) is 0 Å². The molecule has 0 radical (unpaired) electrons. The highest BCUT2D eigenvalue weighted by atomic mass is 32.1. The first-order valence-corrected chi connectivity index (χ1v) is 7.62. The van der Waals surface area contributed by atoms with Gasteiger partial charge in [-0.25, -0.2) is 0 Å². The van der Waals surface area contributed by atoms with Gasteiger partial charge in [0, 0.05) is 19.0 Å². The van der Waals surface area contributed by atoms with Crippen LogP contribution in [0.4, 0.5) is 0 Å². The van der Waals surface area contributed by atoms with Crippen LogP contribution >= 0.6 is 12.2 Å². The van der Waals surface area contributed by atoms with E-state index in [9.17, 15) is 0 Å². The molecular weight excluding hydrogens is 252 g/mol. The first-order valence-electron chi connectivity index (χ1n) is 7.21. The molecule has 1 fully saturated rings. The number of hydrogen-bond donors (Lipinski definition) is 1. The summed E-state index contributed by atoms with van der Waals surface area (Å²) in [6.45, 7) is 1.04. The van der Waals surface area contributed by atoms with Gasteiger partial charge in [-0.3, -0.25) is 4.90 Å². The zero-order chi connectivity index (χ0) is 13.7. The molecule has 0 atom stereocenters. The van der Waals surface area contributed by atoms with Gasteiger partial charge in [0.15, 0.2) is 0 Å². The maximum atomic E-state index is 5.56. The van der Waals surface area contributed by atoms with Crippen LogP contribution in [0, 0.1) is 0 Å². The Kier molecular flexibility index (Phi) is 5.34. The van der Waals surface area contributed by atoms with Crippen LogP contribution in [0.2, 0.25) is 0 Å². The van der Waals surface area contributed by atoms with Gasteiger partial charge in [0.05, 0.1) is 4.99 Å². The van der Waals surface area contributed by atoms with Crippen LogP contribution in [0.5, 0.6) is 0 Å². The van der Waals surface area contributed by atoms with Gasteiger partial charge in [-0.05, 0) is 31.0 Å². The van der Waals surface area contributed by atoms with Crippen LogP contribution in [-0.4, -0.2) is 23.0 Å². The van der Waals surface area contributed by atoms with Crippen LogP contribution in [0.15, 0.2) is 24.3 Å². The Morgan fingerprint density at radius 1 is 1.16 bits per heavy atom. The molecule has 3 heteroatoms. The molecule has 2 N–H and O–H groups in total. The van der Waals surface area contributed by atoms with E-state index in [4.69, 9.17) is 18.0 Å². The molecule has 0 unspecified atom stereocenters. The number of thiocarbonyl (C=S) groups is 1. The van der Waals surface area contributed by atoms with E-state index in [2.05, 4.69) is 36.2 Å². The quantitative estimate of drug-likeness (QED) is 0.837. The number of nitrogens with zero attached hydrogens (tertiary/aromatic N) is 1. The van der Waals surface area contributed by atoms with E-state index in [0.717, 1.165) is 12.6 Å². The maximum absolute atomic E-state index is 5.56. The topological polar surface area (TPSA) is 29.3 Å². The molecule has 0 heterocycles. The Morgan fingerprint density at radius 3 is 2.32 bits per heavy atom. The van der Waals surface area contributed by atoms with Gasteiger partial charge in [-0.2, -0.15) is 0 Å². The van der Waals surface area contributed by atoms with E-state index in [1.807, 2.05) is 0 Å². The van der Waals surface area contributed by atoms with E-state index in [0.29, 0.717) is 11.4 Å². The predicted molar refractivity (Wildman–Crippen MR) is 85.3 cm³/mol. The first-order chi connectivity index (χ1) is 9.15. The molecule has 2 nitrogen and oxygen atoms in total. The molecule has 0 spiro atoms. The van der Waals surface area contributed by atoms with Crippen molar-refractivity contribution in [3.05, 3.63) is 35.4 Å². The maximum Gasteiger partial charge on any atom is 0.0771 e. The Hall–Kier alpha value is -0.930. The fourth-order valence-electron chi connectivity index (χ4n) is 2.90. The highest BCUT2D eigenvalue weighted by Crippen LogP contribution is 2.22. The van der Waals surface area contributed by atoms with E-state index >= 15 is 0 Å². The Balaban J connectivity index is 1.89. The third-order valence-corrected chi connectivity index (χ3v) is 4.18. The first kappa shape index (κ1) is 14.5. The van der Waals surface area contributed by atoms with Crippen LogP contribution in [0.1, 0.15) is 43.2 Å². The summed E-state index contributed by atoms with van der Waals surface area (Å²) in [7, 11) is 2.25. The highest BCUT2D eigenvalue weighted by Gasteiger charge is 2.17. The van der Waals surface area contributed by atoms with E-state index in [1.165, 1.54) is 43.2 Å². The van der Waals surface area contributed by atoms with Crippen molar-refractivity contribution in [2.24, 2.45) is 5.73 Å². The molecule has 0 aliphatic heterocycles. The van der Waals surface area contributed by atoms with Crippen LogP contribution in [0.25, 0.3) is 0 Å². The number of nitrogens with two attached hydrogens (primary N) is 1. The van der Waals surface area contributed by atoms with Crippen molar-refractivity contribution >= 4 is 17.2 Å². The summed E-state index contributed by atoms with van der Waals surface area (Å²) in [6, 6.07) is 9.46. The summed E-state index contributed by atoms with van der Waals surface area (Å²) in [5, 5.41) is 0. The van der Waals surface area contributed by atoms with Crippen molar-refractivity contribution in [1.29, 1.82) is 0 Å². The fraction of sp³-hybridized carbons (Fsp3) is 0.562. The lowest BCUT2D eigenvalue weighted by Gasteiger charge is -2.31. The van der Waals surface area contributed by atoms with Gasteiger partial charge >= 0.3 is 0 Å². The van der Waals surface area contributed by atoms with Gasteiger partial charge < -0.3 is 5.73 Å². The Labute approximate surface area is 122 Å². The Bertz CT molecular complexity index is 407. The molecule has 0 saturated heterocycles. The van der Waals surface area contributed by atoms with Crippen molar-refractivity contribution in [2.45, 2.75) is 51.1 Å². The summed E-state index contributed by atoms with van der Waals surface area (Å²) in [6.07, 6.45) is 7.61. The molecule has 1 aliphatic rings. The summed E-state index contributed by atoms with van der Waals surface area (Å²) >= 11 is 4.94. The smallest absolute Gasteiger partial charge is 0.0771 e. The molecule has 0 bridgehead atoms. The van der Waals surface area contributed by atoms with Gasteiger partial charge in [-0.15, -0.1) is 0 Å². The SMILES string of the molecule is CN(Cc1ccc(CC(N)=S)cc1)C1CCCCC1. The van der Waals surface area contributed by atoms with Crippen molar-refractivity contribution in [1.82, 2.24) is 4.90 Å². The number of benzene rings is 1. The lowest BCUT2D eigenvalue weighted by molar-refractivity contribution is 0.184. The largest absolute Gasteiger partial charge is 0.393 e. The Morgan fingerprint density at radius 2 is 1.74 bits per heavy atom. The van der Waals surface area contributed by atoms with E-state index < -0.39 is 0 Å². The third kappa shape index (κ3) is 4.59. The molecule has 0 amide bonds. The summed E-state index contributed by atoms with van der Waals surface area (Å²) in [5.41, 5.74) is 8.14. The van der Waals surface area contributed by atoms with Crippen molar-refractivity contribution in [3.63, 3.8) is 0 Å². The second-order valence-electron chi connectivity index (χ2n) is 5.67. The summed E-state index contributed by atoms with van der Waals surface area (Å²) in [4.78, 5) is 3.06. The van der Waals surface area contributed by atoms with E-state index in [-0.39, 0.29) is 0 Å². The lowest BCUT2D eigenvalue weighted by Crippen LogP contribution is -2.32. The third-order valence-electron chi connectivity index (χ3n) is 4.03. The van der Waals surface area contributed by atoms with Gasteiger partial charge in [0.2, 0.25) is 0 Å². The van der Waals surface area contributed by atoms with Crippen LogP contribution in [-0.2, 0) is 13.0 Å². The minimum atomic E-state index is 0.562. The second kappa shape index (κ2) is 7.01. The zero-order valence-electron chi connectivity index (χ0n) is 11.8. The number of rotatable bonds is 5. The van der Waals surface area contributed by atoms with Crippen molar-refractivity contribution in [3.8, 4) is 0 Å². The van der Waals surface area contributed by atoms with Crippen molar-refractivity contribution < 1.29 is 0 Å². The molecule has 2 rings (SSSR count). The zero-order valence-corrected chi connectivity index (χ0v) is 12.6. The highest BCUT2D eigenvalue weighted by molar-refractivity contribution is 7.80. The standard InChI is InChI=1S/C16H24N2S/c1-18(15-5-3-2-4-6-15)12-14-9-7-13(8-10-14)11-16(17)19/h7-10,15H,2-6,11-12H2,1H3,(H2,17,19). The van der Waals surface area contributed by atoms with Crippen LogP contribution in [0.3, 0.4) is 0 Å². The molecule has 1 aliphatic carbocycles.